The predicted octanol–water partition coefficient (Wildman–Crippen LogP) is 2.96. The standard InChI is InChI=1S/C21H21N3O3S/c1-13-4-5-15-12-18(14(2)23-19(15)10-13)21(25)24-9-8-16-11-17(6-7-20(16)24)28(26,27)22-3/h4-7,10-12,22H,8-9H2,1-3H3. The van der Waals surface area contributed by atoms with Crippen LogP contribution >= 0.6 is 0 Å². The van der Waals surface area contributed by atoms with Crippen LogP contribution in [0.5, 0.6) is 0 Å². The molecule has 0 unspecified atom stereocenters. The molecule has 0 saturated carbocycles. The largest absolute Gasteiger partial charge is 0.308 e. The molecule has 0 saturated heterocycles. The van der Waals surface area contributed by atoms with Crippen LogP contribution in [0.2, 0.25) is 0 Å². The van der Waals surface area contributed by atoms with E-state index in [0.717, 1.165) is 27.7 Å². The molecular formula is C21H21N3O3S. The third-order valence-corrected chi connectivity index (χ3v) is 6.58. The first-order valence-corrected chi connectivity index (χ1v) is 10.5. The Morgan fingerprint density at radius 3 is 2.64 bits per heavy atom. The van der Waals surface area contributed by atoms with Crippen LogP contribution in [0.1, 0.15) is 27.2 Å². The van der Waals surface area contributed by atoms with E-state index in [1.165, 1.54) is 13.1 Å². The van der Waals surface area contributed by atoms with Gasteiger partial charge in [0.05, 0.1) is 21.7 Å². The lowest BCUT2D eigenvalue weighted by atomic mass is 10.1. The quantitative estimate of drug-likeness (QED) is 0.739. The number of nitrogens with one attached hydrogen (secondary N) is 1. The molecule has 1 N–H and O–H groups in total. The highest BCUT2D eigenvalue weighted by atomic mass is 32.2. The summed E-state index contributed by atoms with van der Waals surface area (Å²) in [6.07, 6.45) is 0.618. The summed E-state index contributed by atoms with van der Waals surface area (Å²) in [5.41, 5.74) is 4.86. The topological polar surface area (TPSA) is 79.4 Å². The molecule has 0 aliphatic carbocycles. The van der Waals surface area contributed by atoms with Crippen LogP contribution in [-0.4, -0.2) is 32.9 Å². The fourth-order valence-corrected chi connectivity index (χ4v) is 4.39. The summed E-state index contributed by atoms with van der Waals surface area (Å²) < 4.78 is 26.4. The zero-order chi connectivity index (χ0) is 20.1. The number of anilines is 1. The minimum atomic E-state index is -3.51. The Balaban J connectivity index is 1.72. The summed E-state index contributed by atoms with van der Waals surface area (Å²) in [6.45, 7) is 4.37. The molecule has 2 heterocycles. The van der Waals surface area contributed by atoms with Gasteiger partial charge in [-0.25, -0.2) is 13.1 Å². The number of nitrogens with zero attached hydrogens (tertiary/aromatic N) is 2. The Kier molecular flexibility index (Phi) is 4.44. The molecule has 0 spiro atoms. The average molecular weight is 395 g/mol. The average Bonchev–Trinajstić information content (AvgIpc) is 3.10. The monoisotopic (exact) mass is 395 g/mol. The molecule has 6 nitrogen and oxygen atoms in total. The number of sulfonamides is 1. The number of hydrogen-bond acceptors (Lipinski definition) is 4. The first-order chi connectivity index (χ1) is 13.3. The van der Waals surface area contributed by atoms with Crippen molar-refractivity contribution in [1.82, 2.24) is 9.71 Å². The van der Waals surface area contributed by atoms with Crippen LogP contribution in [0.3, 0.4) is 0 Å². The number of hydrogen-bond donors (Lipinski definition) is 1. The van der Waals surface area contributed by atoms with Crippen molar-refractivity contribution in [2.45, 2.75) is 25.2 Å². The van der Waals surface area contributed by atoms with E-state index in [1.54, 1.807) is 17.0 Å². The molecular weight excluding hydrogens is 374 g/mol. The first kappa shape index (κ1) is 18.6. The lowest BCUT2D eigenvalue weighted by Gasteiger charge is -2.19. The Morgan fingerprint density at radius 2 is 1.89 bits per heavy atom. The fourth-order valence-electron chi connectivity index (χ4n) is 3.61. The van der Waals surface area contributed by atoms with Crippen molar-refractivity contribution in [2.24, 2.45) is 0 Å². The van der Waals surface area contributed by atoms with Crippen molar-refractivity contribution in [3.63, 3.8) is 0 Å². The number of carbonyl (C=O) groups excluding carboxylic acids is 1. The molecule has 3 aromatic rings. The van der Waals surface area contributed by atoms with Gasteiger partial charge >= 0.3 is 0 Å². The van der Waals surface area contributed by atoms with Crippen LogP contribution in [0.25, 0.3) is 10.9 Å². The van der Waals surface area contributed by atoms with E-state index in [4.69, 9.17) is 0 Å². The highest BCUT2D eigenvalue weighted by Crippen LogP contribution is 2.32. The first-order valence-electron chi connectivity index (χ1n) is 9.06. The lowest BCUT2D eigenvalue weighted by molar-refractivity contribution is 0.0988. The third kappa shape index (κ3) is 3.06. The van der Waals surface area contributed by atoms with E-state index >= 15 is 0 Å². The molecule has 0 radical (unpaired) electrons. The van der Waals surface area contributed by atoms with Gasteiger partial charge in [0.1, 0.15) is 0 Å². The van der Waals surface area contributed by atoms with Crippen molar-refractivity contribution in [1.29, 1.82) is 0 Å². The molecule has 0 atom stereocenters. The molecule has 1 aliphatic rings. The molecule has 2 aromatic carbocycles. The van der Waals surface area contributed by atoms with Crippen LogP contribution in [-0.2, 0) is 16.4 Å². The predicted molar refractivity (Wildman–Crippen MR) is 109 cm³/mol. The maximum atomic E-state index is 13.2. The summed E-state index contributed by atoms with van der Waals surface area (Å²) in [5.74, 6) is -0.115. The Morgan fingerprint density at radius 1 is 1.11 bits per heavy atom. The van der Waals surface area contributed by atoms with E-state index in [9.17, 15) is 13.2 Å². The van der Waals surface area contributed by atoms with Crippen molar-refractivity contribution >= 4 is 32.5 Å². The summed E-state index contributed by atoms with van der Waals surface area (Å²) in [4.78, 5) is 19.8. The van der Waals surface area contributed by atoms with Gasteiger partial charge in [0.15, 0.2) is 0 Å². The Hall–Kier alpha value is -2.77. The zero-order valence-corrected chi connectivity index (χ0v) is 16.8. The zero-order valence-electron chi connectivity index (χ0n) is 16.0. The van der Waals surface area contributed by atoms with Crippen molar-refractivity contribution in [3.05, 3.63) is 64.8 Å². The van der Waals surface area contributed by atoms with Crippen molar-refractivity contribution in [2.75, 3.05) is 18.5 Å². The number of amides is 1. The van der Waals surface area contributed by atoms with Gasteiger partial charge in [-0.3, -0.25) is 9.78 Å². The molecule has 1 aliphatic heterocycles. The minimum absolute atomic E-state index is 0.115. The number of aryl methyl sites for hydroxylation is 2. The molecule has 1 amide bonds. The van der Waals surface area contributed by atoms with Gasteiger partial charge in [0.2, 0.25) is 10.0 Å². The third-order valence-electron chi connectivity index (χ3n) is 5.16. The molecule has 144 valence electrons. The number of benzene rings is 2. The second-order valence-corrected chi connectivity index (χ2v) is 8.91. The smallest absolute Gasteiger partial charge is 0.260 e. The normalized spacial score (nSPS) is 13.8. The van der Waals surface area contributed by atoms with Crippen LogP contribution in [0, 0.1) is 13.8 Å². The van der Waals surface area contributed by atoms with Crippen LogP contribution in [0.4, 0.5) is 5.69 Å². The summed E-state index contributed by atoms with van der Waals surface area (Å²) >= 11 is 0. The number of pyridine rings is 1. The Bertz CT molecular complexity index is 1220. The van der Waals surface area contributed by atoms with E-state index in [2.05, 4.69) is 9.71 Å². The molecule has 0 fully saturated rings. The molecule has 28 heavy (non-hydrogen) atoms. The molecule has 4 rings (SSSR count). The summed E-state index contributed by atoms with van der Waals surface area (Å²) in [7, 11) is -2.12. The SMILES string of the molecule is CNS(=O)(=O)c1ccc2c(c1)CCN2C(=O)c1cc2ccc(C)cc2nc1C. The highest BCUT2D eigenvalue weighted by molar-refractivity contribution is 7.89. The highest BCUT2D eigenvalue weighted by Gasteiger charge is 2.28. The maximum Gasteiger partial charge on any atom is 0.260 e. The second-order valence-electron chi connectivity index (χ2n) is 7.02. The second kappa shape index (κ2) is 6.68. The maximum absolute atomic E-state index is 13.2. The van der Waals surface area contributed by atoms with Crippen molar-refractivity contribution < 1.29 is 13.2 Å². The fraction of sp³-hybridized carbons (Fsp3) is 0.238. The van der Waals surface area contributed by atoms with E-state index < -0.39 is 10.0 Å². The van der Waals surface area contributed by atoms with E-state index in [-0.39, 0.29) is 10.8 Å². The number of carbonyl (C=O) groups is 1. The van der Waals surface area contributed by atoms with Gasteiger partial charge in [-0.2, -0.15) is 0 Å². The van der Waals surface area contributed by atoms with Crippen LogP contribution < -0.4 is 9.62 Å². The van der Waals surface area contributed by atoms with Gasteiger partial charge in [0, 0.05) is 17.6 Å². The Labute approximate surface area is 164 Å². The van der Waals surface area contributed by atoms with E-state index in [1.807, 2.05) is 38.1 Å². The number of rotatable bonds is 3. The molecule has 7 heteroatoms. The van der Waals surface area contributed by atoms with Gasteiger partial charge in [-0.15, -0.1) is 0 Å². The van der Waals surface area contributed by atoms with Gasteiger partial charge in [0.25, 0.3) is 5.91 Å². The van der Waals surface area contributed by atoms with Gasteiger partial charge in [-0.05, 0) is 68.8 Å². The number of fused-ring (bicyclic) bond motifs is 2. The van der Waals surface area contributed by atoms with Gasteiger partial charge < -0.3 is 4.90 Å². The number of aromatic nitrogens is 1. The lowest BCUT2D eigenvalue weighted by Crippen LogP contribution is -2.29. The van der Waals surface area contributed by atoms with Crippen LogP contribution in [0.15, 0.2) is 47.4 Å². The van der Waals surface area contributed by atoms with E-state index in [0.29, 0.717) is 24.2 Å². The summed E-state index contributed by atoms with van der Waals surface area (Å²) in [6, 6.07) is 12.7. The molecule has 0 bridgehead atoms. The minimum Gasteiger partial charge on any atom is -0.308 e. The van der Waals surface area contributed by atoms with Crippen molar-refractivity contribution in [3.8, 4) is 0 Å². The summed E-state index contributed by atoms with van der Waals surface area (Å²) in [5, 5.41) is 0.925. The molecule has 1 aromatic heterocycles. The van der Waals surface area contributed by atoms with Gasteiger partial charge in [-0.1, -0.05) is 12.1 Å².